The third-order valence-corrected chi connectivity index (χ3v) is 4.89. The van der Waals surface area contributed by atoms with E-state index in [4.69, 9.17) is 27.9 Å². The Hall–Kier alpha value is -1.43. The van der Waals surface area contributed by atoms with Gasteiger partial charge < -0.3 is 4.74 Å². The molecule has 0 unspecified atom stereocenters. The molecule has 0 radical (unpaired) electrons. The molecule has 1 heterocycles. The fourth-order valence-corrected chi connectivity index (χ4v) is 3.92. The predicted octanol–water partition coefficient (Wildman–Crippen LogP) is 3.73. The van der Waals surface area contributed by atoms with Crippen LogP contribution >= 0.6 is 23.2 Å². The molecule has 2 aromatic carbocycles. The largest absolute Gasteiger partial charge is 0.493 e. The fourth-order valence-electron chi connectivity index (χ4n) is 2.15. The van der Waals surface area contributed by atoms with E-state index in [0.717, 1.165) is 17.7 Å². The average molecular weight is 344 g/mol. The third-order valence-electron chi connectivity index (χ3n) is 3.09. The van der Waals surface area contributed by atoms with E-state index in [1.54, 1.807) is 18.2 Å². The molecule has 0 amide bonds. The zero-order valence-electron chi connectivity index (χ0n) is 10.8. The third kappa shape index (κ3) is 3.10. The summed E-state index contributed by atoms with van der Waals surface area (Å²) in [4.78, 5) is 0.0248. The Balaban J connectivity index is 1.92. The maximum absolute atomic E-state index is 12.3. The molecule has 0 saturated carbocycles. The Morgan fingerprint density at radius 1 is 1.05 bits per heavy atom. The van der Waals surface area contributed by atoms with Crippen molar-refractivity contribution in [3.63, 3.8) is 0 Å². The van der Waals surface area contributed by atoms with E-state index in [2.05, 4.69) is 4.72 Å². The molecule has 0 atom stereocenters. The van der Waals surface area contributed by atoms with E-state index in [-0.39, 0.29) is 14.9 Å². The van der Waals surface area contributed by atoms with Crippen molar-refractivity contribution in [3.05, 3.63) is 52.0 Å². The monoisotopic (exact) mass is 343 g/mol. The van der Waals surface area contributed by atoms with Gasteiger partial charge in [-0.05, 0) is 42.0 Å². The molecule has 0 fully saturated rings. The summed E-state index contributed by atoms with van der Waals surface area (Å²) in [6.07, 6.45) is 0.772. The van der Waals surface area contributed by atoms with Crippen molar-refractivity contribution in [1.29, 1.82) is 0 Å². The fraction of sp³-hybridized carbons (Fsp3) is 0.143. The number of anilines is 1. The molecule has 1 aliphatic rings. The van der Waals surface area contributed by atoms with Crippen LogP contribution in [0, 0.1) is 0 Å². The summed E-state index contributed by atoms with van der Waals surface area (Å²) in [6, 6.07) is 9.37. The van der Waals surface area contributed by atoms with Crippen LogP contribution in [-0.4, -0.2) is 15.0 Å². The van der Waals surface area contributed by atoms with Gasteiger partial charge in [0.2, 0.25) is 0 Å². The average Bonchev–Trinajstić information content (AvgIpc) is 2.84. The Kier molecular flexibility index (Phi) is 3.73. The normalized spacial score (nSPS) is 13.6. The lowest BCUT2D eigenvalue weighted by atomic mass is 10.1. The maximum atomic E-state index is 12.3. The molecule has 7 heteroatoms. The highest BCUT2D eigenvalue weighted by molar-refractivity contribution is 7.92. The standard InChI is InChI=1S/C14H11Cl2NO3S/c15-10-6-11(16)8-13(7-10)21(18,19)17-12-1-2-14-9(5-12)3-4-20-14/h1-2,5-8,17H,3-4H2. The first kappa shape index (κ1) is 14.5. The lowest BCUT2D eigenvalue weighted by molar-refractivity contribution is 0.357. The van der Waals surface area contributed by atoms with Gasteiger partial charge in [0, 0.05) is 22.2 Å². The zero-order chi connectivity index (χ0) is 15.0. The van der Waals surface area contributed by atoms with Crippen LogP contribution in [0.5, 0.6) is 5.75 Å². The second-order valence-corrected chi connectivity index (χ2v) is 7.19. The Labute approximate surface area is 132 Å². The Morgan fingerprint density at radius 3 is 2.48 bits per heavy atom. The molecule has 0 saturated heterocycles. The van der Waals surface area contributed by atoms with E-state index in [9.17, 15) is 8.42 Å². The van der Waals surface area contributed by atoms with Crippen LogP contribution in [0.25, 0.3) is 0 Å². The van der Waals surface area contributed by atoms with Gasteiger partial charge in [-0.2, -0.15) is 0 Å². The summed E-state index contributed by atoms with van der Waals surface area (Å²) < 4.78 is 32.6. The van der Waals surface area contributed by atoms with Crippen molar-refractivity contribution in [2.75, 3.05) is 11.3 Å². The van der Waals surface area contributed by atoms with Crippen LogP contribution in [0.1, 0.15) is 5.56 Å². The summed E-state index contributed by atoms with van der Waals surface area (Å²) in [5.74, 6) is 0.795. The summed E-state index contributed by atoms with van der Waals surface area (Å²) in [5, 5.41) is 0.537. The van der Waals surface area contributed by atoms with Gasteiger partial charge in [-0.15, -0.1) is 0 Å². The minimum atomic E-state index is -3.74. The summed E-state index contributed by atoms with van der Waals surface area (Å²) >= 11 is 11.7. The van der Waals surface area contributed by atoms with Crippen molar-refractivity contribution in [1.82, 2.24) is 0 Å². The number of fused-ring (bicyclic) bond motifs is 1. The van der Waals surface area contributed by atoms with Crippen molar-refractivity contribution < 1.29 is 13.2 Å². The minimum absolute atomic E-state index is 0.0248. The van der Waals surface area contributed by atoms with E-state index in [1.165, 1.54) is 18.2 Å². The number of ether oxygens (including phenoxy) is 1. The number of hydrogen-bond acceptors (Lipinski definition) is 3. The predicted molar refractivity (Wildman–Crippen MR) is 82.9 cm³/mol. The van der Waals surface area contributed by atoms with Crippen molar-refractivity contribution in [2.24, 2.45) is 0 Å². The van der Waals surface area contributed by atoms with Gasteiger partial charge in [-0.3, -0.25) is 4.72 Å². The molecule has 3 rings (SSSR count). The molecule has 21 heavy (non-hydrogen) atoms. The molecule has 2 aromatic rings. The first-order chi connectivity index (χ1) is 9.94. The molecular formula is C14H11Cl2NO3S. The van der Waals surface area contributed by atoms with Gasteiger partial charge >= 0.3 is 0 Å². The first-order valence-electron chi connectivity index (χ1n) is 6.19. The van der Waals surface area contributed by atoms with Gasteiger partial charge in [0.25, 0.3) is 10.0 Å². The zero-order valence-corrected chi connectivity index (χ0v) is 13.1. The Bertz CT molecular complexity index is 786. The second-order valence-electron chi connectivity index (χ2n) is 4.63. The van der Waals surface area contributed by atoms with Crippen molar-refractivity contribution >= 4 is 38.9 Å². The van der Waals surface area contributed by atoms with Crippen LogP contribution in [0.15, 0.2) is 41.3 Å². The number of nitrogens with one attached hydrogen (secondary N) is 1. The second kappa shape index (κ2) is 5.40. The number of rotatable bonds is 3. The van der Waals surface area contributed by atoms with Crippen LogP contribution in [0.4, 0.5) is 5.69 Å². The molecule has 0 aromatic heterocycles. The van der Waals surface area contributed by atoms with Gasteiger partial charge in [-0.1, -0.05) is 23.2 Å². The number of halogens is 2. The quantitative estimate of drug-likeness (QED) is 0.923. The highest BCUT2D eigenvalue weighted by Gasteiger charge is 2.18. The minimum Gasteiger partial charge on any atom is -0.493 e. The molecule has 4 nitrogen and oxygen atoms in total. The Morgan fingerprint density at radius 2 is 1.76 bits per heavy atom. The SMILES string of the molecule is O=S(=O)(Nc1ccc2c(c1)CCO2)c1cc(Cl)cc(Cl)c1. The summed E-state index contributed by atoms with van der Waals surface area (Å²) in [5.41, 5.74) is 1.47. The number of sulfonamides is 1. The van der Waals surface area contributed by atoms with Crippen LogP contribution < -0.4 is 9.46 Å². The first-order valence-corrected chi connectivity index (χ1v) is 8.43. The topological polar surface area (TPSA) is 55.4 Å². The molecule has 0 bridgehead atoms. The lowest BCUT2D eigenvalue weighted by Gasteiger charge is -2.10. The number of hydrogen-bond donors (Lipinski definition) is 1. The van der Waals surface area contributed by atoms with Gasteiger partial charge in [-0.25, -0.2) is 8.42 Å². The highest BCUT2D eigenvalue weighted by Crippen LogP contribution is 2.29. The maximum Gasteiger partial charge on any atom is 0.261 e. The lowest BCUT2D eigenvalue weighted by Crippen LogP contribution is -2.13. The molecule has 0 spiro atoms. The van der Waals surface area contributed by atoms with E-state index in [0.29, 0.717) is 12.3 Å². The van der Waals surface area contributed by atoms with Crippen LogP contribution in [0.2, 0.25) is 10.0 Å². The van der Waals surface area contributed by atoms with E-state index < -0.39 is 10.0 Å². The van der Waals surface area contributed by atoms with Gasteiger partial charge in [0.05, 0.1) is 11.5 Å². The van der Waals surface area contributed by atoms with E-state index >= 15 is 0 Å². The molecular weight excluding hydrogens is 333 g/mol. The highest BCUT2D eigenvalue weighted by atomic mass is 35.5. The number of benzene rings is 2. The van der Waals surface area contributed by atoms with Crippen molar-refractivity contribution in [3.8, 4) is 5.75 Å². The summed E-state index contributed by atoms with van der Waals surface area (Å²) in [7, 11) is -3.74. The smallest absolute Gasteiger partial charge is 0.261 e. The molecule has 1 N–H and O–H groups in total. The summed E-state index contributed by atoms with van der Waals surface area (Å²) in [6.45, 7) is 0.620. The molecule has 110 valence electrons. The molecule has 0 aliphatic carbocycles. The van der Waals surface area contributed by atoms with Gasteiger partial charge in [0.1, 0.15) is 5.75 Å². The van der Waals surface area contributed by atoms with Crippen molar-refractivity contribution in [2.45, 2.75) is 11.3 Å². The van der Waals surface area contributed by atoms with Crippen LogP contribution in [-0.2, 0) is 16.4 Å². The van der Waals surface area contributed by atoms with Crippen LogP contribution in [0.3, 0.4) is 0 Å². The molecule has 1 aliphatic heterocycles. The van der Waals surface area contributed by atoms with E-state index in [1.807, 2.05) is 0 Å². The van der Waals surface area contributed by atoms with Gasteiger partial charge in [0.15, 0.2) is 0 Å².